The molecule has 0 spiro atoms. The Kier molecular flexibility index (Phi) is 4.56. The monoisotopic (exact) mass is 299 g/mol. The summed E-state index contributed by atoms with van der Waals surface area (Å²) >= 11 is 0. The summed E-state index contributed by atoms with van der Waals surface area (Å²) < 4.78 is 10.3. The molecular weight excluding hydrogens is 282 g/mol. The van der Waals surface area contributed by atoms with Gasteiger partial charge in [0.25, 0.3) is 5.91 Å². The maximum absolute atomic E-state index is 12.3. The van der Waals surface area contributed by atoms with Crippen molar-refractivity contribution in [2.45, 2.75) is 13.8 Å². The molecule has 0 saturated carbocycles. The second-order valence-electron chi connectivity index (χ2n) is 4.82. The van der Waals surface area contributed by atoms with E-state index in [4.69, 9.17) is 9.47 Å². The summed E-state index contributed by atoms with van der Waals surface area (Å²) in [4.78, 5) is 27.9. The number of amides is 1. The van der Waals surface area contributed by atoms with Crippen molar-refractivity contribution < 1.29 is 19.1 Å². The zero-order chi connectivity index (χ0) is 16.3. The van der Waals surface area contributed by atoms with E-state index in [2.05, 4.69) is 4.99 Å². The summed E-state index contributed by atoms with van der Waals surface area (Å²) in [6.07, 6.45) is 2.98. The number of nitrogens with zero attached hydrogens (tertiary/aromatic N) is 1. The van der Waals surface area contributed by atoms with Crippen molar-refractivity contribution in [1.82, 2.24) is 0 Å². The number of allylic oxidation sites excluding steroid dienone is 4. The third-order valence-electron chi connectivity index (χ3n) is 3.56. The normalized spacial score (nSPS) is 16.2. The number of hydrogen-bond acceptors (Lipinski definition) is 4. The molecule has 0 saturated heterocycles. The molecule has 0 heterocycles. The second kappa shape index (κ2) is 6.39. The summed E-state index contributed by atoms with van der Waals surface area (Å²) in [6, 6.07) is 4.85. The van der Waals surface area contributed by atoms with Crippen LogP contribution in [-0.4, -0.2) is 31.6 Å². The maximum Gasteiger partial charge on any atom is 0.277 e. The Balaban J connectivity index is 2.35. The fourth-order valence-corrected chi connectivity index (χ4v) is 2.05. The summed E-state index contributed by atoms with van der Waals surface area (Å²) in [5, 5.41) is 0. The van der Waals surface area contributed by atoms with E-state index in [1.54, 1.807) is 38.1 Å². The smallest absolute Gasteiger partial charge is 0.277 e. The number of hydrogen-bond donors (Lipinski definition) is 0. The lowest BCUT2D eigenvalue weighted by atomic mass is 9.97. The number of carbonyl (C=O) groups is 2. The predicted molar refractivity (Wildman–Crippen MR) is 83.8 cm³/mol. The Morgan fingerprint density at radius 3 is 2.32 bits per heavy atom. The van der Waals surface area contributed by atoms with Crippen molar-refractivity contribution in [3.8, 4) is 11.5 Å². The van der Waals surface area contributed by atoms with Gasteiger partial charge in [-0.2, -0.15) is 0 Å². The molecule has 0 N–H and O–H groups in total. The molecule has 5 heteroatoms. The molecule has 2 rings (SSSR count). The fraction of sp³-hybridized carbons (Fsp3) is 0.235. The maximum atomic E-state index is 12.3. The Morgan fingerprint density at radius 2 is 1.68 bits per heavy atom. The van der Waals surface area contributed by atoms with Crippen molar-refractivity contribution in [1.29, 1.82) is 0 Å². The Labute approximate surface area is 129 Å². The largest absolute Gasteiger partial charge is 0.493 e. The van der Waals surface area contributed by atoms with Gasteiger partial charge in [-0.05, 0) is 49.8 Å². The Morgan fingerprint density at radius 1 is 1.00 bits per heavy atom. The number of benzene rings is 1. The minimum atomic E-state index is -0.401. The number of methoxy groups -OCH3 is 2. The van der Waals surface area contributed by atoms with Gasteiger partial charge in [-0.3, -0.25) is 9.59 Å². The lowest BCUT2D eigenvalue weighted by Crippen LogP contribution is -2.12. The van der Waals surface area contributed by atoms with Crippen LogP contribution in [0.5, 0.6) is 11.5 Å². The van der Waals surface area contributed by atoms with E-state index in [9.17, 15) is 9.59 Å². The van der Waals surface area contributed by atoms with Gasteiger partial charge in [0, 0.05) is 11.1 Å². The highest BCUT2D eigenvalue weighted by Crippen LogP contribution is 2.28. The zero-order valence-corrected chi connectivity index (χ0v) is 13.0. The highest BCUT2D eigenvalue weighted by Gasteiger charge is 2.16. The molecule has 0 unspecified atom stereocenters. The first-order valence-corrected chi connectivity index (χ1v) is 6.73. The van der Waals surface area contributed by atoms with Gasteiger partial charge in [-0.15, -0.1) is 0 Å². The SMILES string of the molecule is COc1ccc(C(=O)N=C2C=CC(=O)C(C)=C2C)cc1OC. The standard InChI is InChI=1S/C17H17NO4/c1-10-11(2)14(19)7-6-13(10)18-17(20)12-5-8-15(21-3)16(9-12)22-4/h5-9H,1-4H3. The van der Waals surface area contributed by atoms with Gasteiger partial charge in [-0.1, -0.05) is 0 Å². The quantitative estimate of drug-likeness (QED) is 0.805. The molecule has 0 aromatic heterocycles. The lowest BCUT2D eigenvalue weighted by Gasteiger charge is -2.11. The van der Waals surface area contributed by atoms with Crippen molar-refractivity contribution >= 4 is 17.4 Å². The minimum Gasteiger partial charge on any atom is -0.493 e. The molecule has 0 bridgehead atoms. The number of carbonyl (C=O) groups excluding carboxylic acids is 2. The molecule has 0 atom stereocenters. The van der Waals surface area contributed by atoms with Crippen LogP contribution in [-0.2, 0) is 4.79 Å². The molecule has 1 amide bonds. The average molecular weight is 299 g/mol. The van der Waals surface area contributed by atoms with E-state index in [0.717, 1.165) is 0 Å². The molecule has 1 aromatic carbocycles. The van der Waals surface area contributed by atoms with Crippen molar-refractivity contribution in [3.05, 3.63) is 47.1 Å². The van der Waals surface area contributed by atoms with E-state index < -0.39 is 5.91 Å². The highest BCUT2D eigenvalue weighted by molar-refractivity contribution is 6.24. The van der Waals surface area contributed by atoms with Gasteiger partial charge in [0.1, 0.15) is 0 Å². The third-order valence-corrected chi connectivity index (χ3v) is 3.56. The highest BCUT2D eigenvalue weighted by atomic mass is 16.5. The zero-order valence-electron chi connectivity index (χ0n) is 13.0. The van der Waals surface area contributed by atoms with Crippen LogP contribution >= 0.6 is 0 Å². The van der Waals surface area contributed by atoms with Gasteiger partial charge in [-0.25, -0.2) is 4.99 Å². The van der Waals surface area contributed by atoms with Crippen LogP contribution in [0.3, 0.4) is 0 Å². The average Bonchev–Trinajstić information content (AvgIpc) is 2.54. The van der Waals surface area contributed by atoms with Crippen molar-refractivity contribution in [2.24, 2.45) is 4.99 Å². The predicted octanol–water partition coefficient (Wildman–Crippen LogP) is 2.76. The molecule has 22 heavy (non-hydrogen) atoms. The van der Waals surface area contributed by atoms with Crippen molar-refractivity contribution in [3.63, 3.8) is 0 Å². The molecule has 1 aromatic rings. The first-order valence-electron chi connectivity index (χ1n) is 6.73. The Bertz CT molecular complexity index is 726. The Hall–Kier alpha value is -2.69. The molecule has 0 aliphatic heterocycles. The molecule has 1 aliphatic carbocycles. The summed E-state index contributed by atoms with van der Waals surface area (Å²) in [6.45, 7) is 3.50. The van der Waals surface area contributed by atoms with Gasteiger partial charge in [0.15, 0.2) is 17.3 Å². The number of ketones is 1. The minimum absolute atomic E-state index is 0.0602. The molecule has 1 aliphatic rings. The lowest BCUT2D eigenvalue weighted by molar-refractivity contribution is -0.111. The van der Waals surface area contributed by atoms with Gasteiger partial charge in [0.2, 0.25) is 0 Å². The van der Waals surface area contributed by atoms with E-state index in [1.807, 2.05) is 0 Å². The summed E-state index contributed by atoms with van der Waals surface area (Å²) in [7, 11) is 3.03. The van der Waals surface area contributed by atoms with Gasteiger partial charge < -0.3 is 9.47 Å². The van der Waals surface area contributed by atoms with Crippen LogP contribution in [0.2, 0.25) is 0 Å². The van der Waals surface area contributed by atoms with Crippen LogP contribution < -0.4 is 9.47 Å². The van der Waals surface area contributed by atoms with Gasteiger partial charge >= 0.3 is 0 Å². The second-order valence-corrected chi connectivity index (χ2v) is 4.82. The molecule has 0 fully saturated rings. The first kappa shape index (κ1) is 15.7. The van der Waals surface area contributed by atoms with Crippen LogP contribution in [0.25, 0.3) is 0 Å². The van der Waals surface area contributed by atoms with Crippen LogP contribution in [0.1, 0.15) is 24.2 Å². The molecule has 114 valence electrons. The van der Waals surface area contributed by atoms with E-state index in [-0.39, 0.29) is 5.78 Å². The van der Waals surface area contributed by atoms with E-state index in [1.165, 1.54) is 20.3 Å². The van der Waals surface area contributed by atoms with Crippen LogP contribution in [0.15, 0.2) is 46.5 Å². The van der Waals surface area contributed by atoms with E-state index >= 15 is 0 Å². The third kappa shape index (κ3) is 2.98. The van der Waals surface area contributed by atoms with Crippen LogP contribution in [0, 0.1) is 0 Å². The fourth-order valence-electron chi connectivity index (χ4n) is 2.05. The number of aliphatic imine (C=N–C) groups is 1. The molecule has 5 nitrogen and oxygen atoms in total. The van der Waals surface area contributed by atoms with Gasteiger partial charge in [0.05, 0.1) is 19.9 Å². The number of ether oxygens (including phenoxy) is 2. The topological polar surface area (TPSA) is 65.0 Å². The van der Waals surface area contributed by atoms with Crippen LogP contribution in [0.4, 0.5) is 0 Å². The summed E-state index contributed by atoms with van der Waals surface area (Å²) in [5.74, 6) is 0.547. The molecular formula is C17H17NO4. The van der Waals surface area contributed by atoms with Crippen molar-refractivity contribution in [2.75, 3.05) is 14.2 Å². The molecule has 0 radical (unpaired) electrons. The first-order chi connectivity index (χ1) is 10.5. The number of rotatable bonds is 3. The van der Waals surface area contributed by atoms with E-state index in [0.29, 0.717) is 33.9 Å². The summed E-state index contributed by atoms with van der Waals surface area (Å²) in [5.41, 5.74) is 2.19.